The van der Waals surface area contributed by atoms with Crippen molar-refractivity contribution < 1.29 is 0 Å². The molecule has 0 aliphatic heterocycles. The van der Waals surface area contributed by atoms with Crippen molar-refractivity contribution in [2.24, 2.45) is 0 Å². The molecule has 0 atom stereocenters. The zero-order valence-corrected chi connectivity index (χ0v) is 18.6. The molecule has 0 spiro atoms. The molecule has 2 aromatic heterocycles. The summed E-state index contributed by atoms with van der Waals surface area (Å²) >= 11 is 0. The van der Waals surface area contributed by atoms with Gasteiger partial charge in [-0.3, -0.25) is 0 Å². The minimum atomic E-state index is 0.288. The van der Waals surface area contributed by atoms with Crippen LogP contribution in [0.15, 0.2) is 48.5 Å². The van der Waals surface area contributed by atoms with E-state index < -0.39 is 0 Å². The lowest BCUT2D eigenvalue weighted by Gasteiger charge is -2.09. The van der Waals surface area contributed by atoms with Crippen molar-refractivity contribution in [2.45, 2.75) is 51.4 Å². The summed E-state index contributed by atoms with van der Waals surface area (Å²) in [4.78, 5) is 4.43. The maximum atomic E-state index is 6.22. The monoisotopic (exact) mass is 437 g/mol. The summed E-state index contributed by atoms with van der Waals surface area (Å²) in [6, 6.07) is 17.0. The molecule has 6 rings (SSSR count). The van der Waals surface area contributed by atoms with Crippen LogP contribution in [0.3, 0.4) is 0 Å². The van der Waals surface area contributed by atoms with E-state index in [2.05, 4.69) is 68.1 Å². The number of rotatable bonds is 3. The van der Waals surface area contributed by atoms with Crippen LogP contribution in [0.2, 0.25) is 0 Å². The Morgan fingerprint density at radius 2 is 1.58 bits per heavy atom. The number of fused-ring (bicyclic) bond motifs is 4. The van der Waals surface area contributed by atoms with Crippen LogP contribution in [0, 0.1) is 0 Å². The highest BCUT2D eigenvalue weighted by Gasteiger charge is 2.19. The Morgan fingerprint density at radius 3 is 2.52 bits per heavy atom. The Morgan fingerprint density at radius 1 is 0.758 bits per heavy atom. The fourth-order valence-electron chi connectivity index (χ4n) is 5.04. The van der Waals surface area contributed by atoms with Crippen molar-refractivity contribution in [2.75, 3.05) is 11.1 Å². The van der Waals surface area contributed by atoms with E-state index in [9.17, 15) is 0 Å². The first-order valence-electron chi connectivity index (χ1n) is 11.8. The van der Waals surface area contributed by atoms with E-state index in [-0.39, 0.29) is 5.95 Å². The van der Waals surface area contributed by atoms with Gasteiger partial charge in [-0.2, -0.15) is 9.67 Å². The summed E-state index contributed by atoms with van der Waals surface area (Å²) in [5.74, 6) is 1.34. The van der Waals surface area contributed by atoms with E-state index >= 15 is 0 Å². The lowest BCUT2D eigenvalue weighted by molar-refractivity contribution is 0.711. The van der Waals surface area contributed by atoms with Crippen molar-refractivity contribution in [1.82, 2.24) is 25.0 Å². The number of aromatic nitrogens is 5. The maximum absolute atomic E-state index is 6.22. The molecule has 0 unspecified atom stereocenters. The number of anilines is 3. The summed E-state index contributed by atoms with van der Waals surface area (Å²) in [6.45, 7) is 0. The van der Waals surface area contributed by atoms with Crippen molar-refractivity contribution in [1.29, 1.82) is 0 Å². The van der Waals surface area contributed by atoms with Crippen LogP contribution < -0.4 is 11.1 Å². The SMILES string of the molecule is Nc1nc(Nc2ccc3c(c2)CCCCC3)nn1-c1cc2c(nn1)-c1ccccc1CCC2. The third kappa shape index (κ3) is 3.84. The van der Waals surface area contributed by atoms with E-state index in [1.807, 2.05) is 6.07 Å². The standard InChI is InChI=1S/C26H27N7/c27-25-29-26(28-21-14-13-17-7-2-1-3-9-19(17)15-21)32-33(25)23-16-20-11-6-10-18-8-4-5-12-22(18)24(20)31-30-23/h4-5,8,12-16H,1-3,6-7,9-11H2,(H3,27,28,29,32). The number of aryl methyl sites for hydroxylation is 4. The van der Waals surface area contributed by atoms with Crippen LogP contribution in [0.5, 0.6) is 0 Å². The van der Waals surface area contributed by atoms with Crippen molar-refractivity contribution >= 4 is 17.6 Å². The van der Waals surface area contributed by atoms with Crippen molar-refractivity contribution in [3.05, 3.63) is 70.8 Å². The Balaban J connectivity index is 1.29. The molecule has 2 aliphatic rings. The first kappa shape index (κ1) is 19.9. The molecule has 0 radical (unpaired) electrons. The molecule has 0 amide bonds. The second-order valence-electron chi connectivity index (χ2n) is 8.96. The van der Waals surface area contributed by atoms with Gasteiger partial charge in [-0.05, 0) is 85.4 Å². The number of nitrogens with zero attached hydrogens (tertiary/aromatic N) is 5. The highest BCUT2D eigenvalue weighted by Crippen LogP contribution is 2.31. The zero-order chi connectivity index (χ0) is 22.2. The Kier molecular flexibility index (Phi) is 5.02. The topological polar surface area (TPSA) is 94.5 Å². The zero-order valence-electron chi connectivity index (χ0n) is 18.6. The summed E-state index contributed by atoms with van der Waals surface area (Å²) in [6.07, 6.45) is 9.18. The van der Waals surface area contributed by atoms with E-state index in [1.165, 1.54) is 47.1 Å². The lowest BCUT2D eigenvalue weighted by Crippen LogP contribution is -2.08. The molecule has 0 bridgehead atoms. The predicted molar refractivity (Wildman–Crippen MR) is 130 cm³/mol. The Bertz CT molecular complexity index is 1320. The fourth-order valence-corrected chi connectivity index (χ4v) is 5.04. The molecule has 0 saturated heterocycles. The Labute approximate surface area is 193 Å². The van der Waals surface area contributed by atoms with Crippen LogP contribution >= 0.6 is 0 Å². The molecular weight excluding hydrogens is 410 g/mol. The first-order chi connectivity index (χ1) is 16.2. The average Bonchev–Trinajstić information content (AvgIpc) is 2.99. The molecule has 166 valence electrons. The van der Waals surface area contributed by atoms with Gasteiger partial charge in [-0.25, -0.2) is 0 Å². The van der Waals surface area contributed by atoms with Gasteiger partial charge >= 0.3 is 0 Å². The van der Waals surface area contributed by atoms with Gasteiger partial charge in [0.15, 0.2) is 5.82 Å². The number of benzene rings is 2. The molecule has 0 saturated carbocycles. The largest absolute Gasteiger partial charge is 0.368 e. The number of nitrogen functional groups attached to an aromatic ring is 1. The van der Waals surface area contributed by atoms with Gasteiger partial charge in [-0.15, -0.1) is 15.3 Å². The molecule has 2 aliphatic carbocycles. The number of hydrogen-bond acceptors (Lipinski definition) is 6. The minimum absolute atomic E-state index is 0.288. The highest BCUT2D eigenvalue weighted by atomic mass is 15.4. The summed E-state index contributed by atoms with van der Waals surface area (Å²) in [7, 11) is 0. The smallest absolute Gasteiger partial charge is 0.248 e. The van der Waals surface area contributed by atoms with E-state index in [0.717, 1.165) is 43.5 Å². The third-order valence-corrected chi connectivity index (χ3v) is 6.73. The van der Waals surface area contributed by atoms with Crippen LogP contribution in [0.25, 0.3) is 17.1 Å². The van der Waals surface area contributed by atoms with Crippen LogP contribution in [0.1, 0.15) is 47.9 Å². The fraction of sp³-hybridized carbons (Fsp3) is 0.308. The van der Waals surface area contributed by atoms with Gasteiger partial charge in [-0.1, -0.05) is 36.8 Å². The second-order valence-corrected chi connectivity index (χ2v) is 8.96. The molecule has 7 heteroatoms. The molecule has 3 N–H and O–H groups in total. The number of nitrogens with two attached hydrogens (primary N) is 1. The maximum Gasteiger partial charge on any atom is 0.248 e. The lowest BCUT2D eigenvalue weighted by atomic mass is 10.0. The molecule has 0 fully saturated rings. The summed E-state index contributed by atoms with van der Waals surface area (Å²) in [5, 5.41) is 16.9. The van der Waals surface area contributed by atoms with Crippen molar-refractivity contribution in [3.8, 4) is 17.1 Å². The van der Waals surface area contributed by atoms with Crippen molar-refractivity contribution in [3.63, 3.8) is 0 Å². The molecule has 4 aromatic rings. The van der Waals surface area contributed by atoms with Crippen LogP contribution in [-0.2, 0) is 25.7 Å². The molecule has 2 heterocycles. The minimum Gasteiger partial charge on any atom is -0.368 e. The number of hydrogen-bond donors (Lipinski definition) is 2. The van der Waals surface area contributed by atoms with Crippen LogP contribution in [-0.4, -0.2) is 25.0 Å². The molecule has 33 heavy (non-hydrogen) atoms. The van der Waals surface area contributed by atoms with E-state index in [4.69, 9.17) is 5.73 Å². The van der Waals surface area contributed by atoms with Gasteiger partial charge in [0.1, 0.15) is 0 Å². The second kappa shape index (κ2) is 8.31. The summed E-state index contributed by atoms with van der Waals surface area (Å²) < 4.78 is 1.57. The number of nitrogens with one attached hydrogen (secondary N) is 1. The quantitative estimate of drug-likeness (QED) is 0.447. The van der Waals surface area contributed by atoms with E-state index in [1.54, 1.807) is 4.68 Å². The highest BCUT2D eigenvalue weighted by molar-refractivity contribution is 5.68. The molecule has 2 aromatic carbocycles. The van der Waals surface area contributed by atoms with Gasteiger partial charge in [0.2, 0.25) is 11.9 Å². The predicted octanol–water partition coefficient (Wildman–Crippen LogP) is 4.81. The normalized spacial score (nSPS) is 15.0. The van der Waals surface area contributed by atoms with Gasteiger partial charge in [0, 0.05) is 11.3 Å². The van der Waals surface area contributed by atoms with Crippen LogP contribution in [0.4, 0.5) is 17.6 Å². The first-order valence-corrected chi connectivity index (χ1v) is 11.8. The summed E-state index contributed by atoms with van der Waals surface area (Å²) in [5.41, 5.74) is 14.7. The van der Waals surface area contributed by atoms with Gasteiger partial charge < -0.3 is 11.1 Å². The molecule has 7 nitrogen and oxygen atoms in total. The van der Waals surface area contributed by atoms with Gasteiger partial charge in [0.25, 0.3) is 0 Å². The Hall–Kier alpha value is -3.74. The molecular formula is C26H27N7. The average molecular weight is 438 g/mol. The van der Waals surface area contributed by atoms with Gasteiger partial charge in [0.05, 0.1) is 5.69 Å². The van der Waals surface area contributed by atoms with E-state index in [0.29, 0.717) is 11.8 Å². The third-order valence-electron chi connectivity index (χ3n) is 6.73.